The van der Waals surface area contributed by atoms with E-state index in [-0.39, 0.29) is 173 Å². The molecule has 0 aliphatic carbocycles. The molecule has 0 aliphatic heterocycles. The van der Waals surface area contributed by atoms with Gasteiger partial charge >= 0.3 is 0 Å². The van der Waals surface area contributed by atoms with Crippen molar-refractivity contribution >= 4 is 122 Å². The van der Waals surface area contributed by atoms with Crippen LogP contribution in [0.3, 0.4) is 0 Å². The first-order valence-electron chi connectivity index (χ1n) is 0. The molecule has 0 unspecified atom stereocenters. The summed E-state index contributed by atoms with van der Waals surface area (Å²) in [6.45, 7) is 0. The van der Waals surface area contributed by atoms with Crippen molar-refractivity contribution in [1.82, 2.24) is 0 Å². The van der Waals surface area contributed by atoms with Crippen LogP contribution < -0.4 is 0 Å². The van der Waals surface area contributed by atoms with E-state index >= 15 is 0 Å². The predicted octanol–water partition coefficient (Wildman–Crippen LogP) is -8.29. The van der Waals surface area contributed by atoms with E-state index in [9.17, 15) is 0 Å². The molecule has 9 heavy (non-hydrogen) atoms. The zero-order valence-electron chi connectivity index (χ0n) is 1.00. The third-order valence-electron chi connectivity index (χ3n) is 0. The minimum absolute atomic E-state index is 0. The largest absolute Gasteiger partial charge is 0.187 e. The molecule has 50 valence electrons. The van der Waals surface area contributed by atoms with E-state index in [1.807, 2.05) is 0 Å². The first-order chi connectivity index (χ1) is 0. The molecule has 0 aromatic rings. The number of rotatable bonds is 0. The smallest absolute Gasteiger partial charge is 0 e. The van der Waals surface area contributed by atoms with Crippen molar-refractivity contribution < 1.29 is 51.7 Å². The van der Waals surface area contributed by atoms with Gasteiger partial charge in [-0.15, -0.1) is 0 Å². The average Bonchev–Trinajstić information content (AvgIpc) is 0. The van der Waals surface area contributed by atoms with Crippen molar-refractivity contribution in [1.29, 1.82) is 0 Å². The summed E-state index contributed by atoms with van der Waals surface area (Å²) in [6.07, 6.45) is 0. The summed E-state index contributed by atoms with van der Waals surface area (Å²) in [5, 5.41) is 0. The zero-order valence-corrected chi connectivity index (χ0v) is 8.19. The molecule has 0 atom stereocenters. The van der Waals surface area contributed by atoms with E-state index in [2.05, 4.69) is 0 Å². The molecule has 0 saturated heterocycles. The third kappa shape index (κ3) is 59.2. The molecule has 0 saturated carbocycles. The average molecular weight is 567 g/mol. The minimum atomic E-state index is 0. The summed E-state index contributed by atoms with van der Waals surface area (Å²) >= 11 is 0. The van der Waals surface area contributed by atoms with Crippen molar-refractivity contribution in [3.8, 4) is 0 Å². The molecule has 0 bridgehead atoms. The Balaban J connectivity index is 0. The van der Waals surface area contributed by atoms with E-state index in [0.717, 1.165) is 0 Å². The SMILES string of the molecule is [AlH3].[AlH3].[AlH3].[AlH3].[AlH3].[AlH3].[AlH3].[Hf].[Hf]. The number of hydrogen-bond donors (Lipinski definition) is 0. The number of hydrogen-bond acceptors (Lipinski definition) is 0. The van der Waals surface area contributed by atoms with E-state index in [1.165, 1.54) is 0 Å². The van der Waals surface area contributed by atoms with Gasteiger partial charge in [0.05, 0.1) is 0 Å². The van der Waals surface area contributed by atoms with Crippen molar-refractivity contribution in [2.75, 3.05) is 0 Å². The Morgan fingerprint density at radius 2 is 0.222 bits per heavy atom. The van der Waals surface area contributed by atoms with Crippen LogP contribution in [0.25, 0.3) is 0 Å². The van der Waals surface area contributed by atoms with Gasteiger partial charge in [-0.25, -0.2) is 0 Å². The normalized spacial score (nSPS) is 0. The van der Waals surface area contributed by atoms with Gasteiger partial charge in [0.2, 0.25) is 0 Å². The molecule has 0 aliphatic rings. The predicted molar refractivity (Wildman–Crippen MR) is 69.6 cm³/mol. The fourth-order valence-corrected chi connectivity index (χ4v) is 0. The molecule has 0 rings (SSSR count). The monoisotopic (exact) mass is 570 g/mol. The first kappa shape index (κ1) is 87.8. The molecule has 9 heteroatoms. The van der Waals surface area contributed by atoms with E-state index in [1.54, 1.807) is 0 Å². The Morgan fingerprint density at radius 3 is 0.222 bits per heavy atom. The maximum absolute atomic E-state index is 0. The maximum atomic E-state index is 0. The van der Waals surface area contributed by atoms with Crippen LogP contribution in [0, 0.1) is 0 Å². The molecule has 0 heterocycles. The van der Waals surface area contributed by atoms with Gasteiger partial charge in [-0.3, -0.25) is 0 Å². The fraction of sp³-hybridized carbons (Fsp3) is 0. The quantitative estimate of drug-likeness (QED) is 0.256. The van der Waals surface area contributed by atoms with Crippen LogP contribution in [0.1, 0.15) is 0 Å². The van der Waals surface area contributed by atoms with Crippen molar-refractivity contribution in [3.05, 3.63) is 0 Å². The van der Waals surface area contributed by atoms with Gasteiger partial charge in [0.15, 0.2) is 122 Å². The molecular formula is H21Al7Hf2. The Labute approximate surface area is 169 Å². The summed E-state index contributed by atoms with van der Waals surface area (Å²) in [6, 6.07) is 0. The van der Waals surface area contributed by atoms with E-state index < -0.39 is 0 Å². The standard InChI is InChI=1S/7Al.2Hf.21H. The van der Waals surface area contributed by atoms with Gasteiger partial charge in [-0.05, 0) is 0 Å². The van der Waals surface area contributed by atoms with Crippen molar-refractivity contribution in [2.24, 2.45) is 0 Å². The van der Waals surface area contributed by atoms with Gasteiger partial charge in [0.1, 0.15) is 0 Å². The zero-order chi connectivity index (χ0) is 0. The van der Waals surface area contributed by atoms with Gasteiger partial charge < -0.3 is 0 Å². The summed E-state index contributed by atoms with van der Waals surface area (Å²) < 4.78 is 0. The van der Waals surface area contributed by atoms with Crippen LogP contribution in [0.4, 0.5) is 0 Å². The second kappa shape index (κ2) is 70.0. The second-order valence-electron chi connectivity index (χ2n) is 0. The van der Waals surface area contributed by atoms with Crippen LogP contribution in [0.5, 0.6) is 0 Å². The van der Waals surface area contributed by atoms with Crippen LogP contribution >= 0.6 is 0 Å². The summed E-state index contributed by atoms with van der Waals surface area (Å²) in [5.41, 5.74) is 0. The minimum Gasteiger partial charge on any atom is 0 e. The topological polar surface area (TPSA) is 0 Å². The first-order valence-corrected chi connectivity index (χ1v) is 0. The van der Waals surface area contributed by atoms with Crippen LogP contribution in [-0.4, -0.2) is 122 Å². The molecule has 0 fully saturated rings. The van der Waals surface area contributed by atoms with Crippen LogP contribution in [0.2, 0.25) is 0 Å². The Bertz CT molecular complexity index is 6.88. The van der Waals surface area contributed by atoms with Crippen LogP contribution in [-0.2, 0) is 51.7 Å². The van der Waals surface area contributed by atoms with Crippen LogP contribution in [0.15, 0.2) is 0 Å². The molecular weight excluding hydrogens is 546 g/mol. The fourth-order valence-electron chi connectivity index (χ4n) is 0. The summed E-state index contributed by atoms with van der Waals surface area (Å²) in [4.78, 5) is 0. The maximum Gasteiger partial charge on any atom is 0.187 e. The molecule has 0 spiro atoms. The molecule has 0 N–H and O–H groups in total. The van der Waals surface area contributed by atoms with Gasteiger partial charge in [-0.2, -0.15) is 0 Å². The van der Waals surface area contributed by atoms with Gasteiger partial charge in [0, 0.05) is 51.7 Å². The second-order valence-corrected chi connectivity index (χ2v) is 0. The summed E-state index contributed by atoms with van der Waals surface area (Å²) in [5.74, 6) is 0. The molecule has 0 radical (unpaired) electrons. The van der Waals surface area contributed by atoms with Crippen molar-refractivity contribution in [2.45, 2.75) is 0 Å². The van der Waals surface area contributed by atoms with E-state index in [0.29, 0.717) is 0 Å². The Hall–Kier alpha value is 5.47. The molecule has 0 aromatic heterocycles. The molecule has 0 aromatic carbocycles. The van der Waals surface area contributed by atoms with Gasteiger partial charge in [-0.1, -0.05) is 0 Å². The molecule has 0 amide bonds. The summed E-state index contributed by atoms with van der Waals surface area (Å²) in [7, 11) is 0. The van der Waals surface area contributed by atoms with Gasteiger partial charge in [0.25, 0.3) is 0 Å². The van der Waals surface area contributed by atoms with Crippen molar-refractivity contribution in [3.63, 3.8) is 0 Å². The van der Waals surface area contributed by atoms with E-state index in [4.69, 9.17) is 0 Å². The molecule has 0 nitrogen and oxygen atoms in total. The Kier molecular flexibility index (Phi) is 683. The third-order valence-corrected chi connectivity index (χ3v) is 0. The Morgan fingerprint density at radius 1 is 0.222 bits per heavy atom.